The van der Waals surface area contributed by atoms with Crippen LogP contribution < -0.4 is 0 Å². The quantitative estimate of drug-likeness (QED) is 0.504. The zero-order valence-electron chi connectivity index (χ0n) is 12.8. The van der Waals surface area contributed by atoms with Crippen molar-refractivity contribution in [2.75, 3.05) is 0 Å². The van der Waals surface area contributed by atoms with Gasteiger partial charge in [-0.1, -0.05) is 76.8 Å². The van der Waals surface area contributed by atoms with Crippen LogP contribution in [0.1, 0.15) is 48.5 Å². The summed E-state index contributed by atoms with van der Waals surface area (Å²) in [4.78, 5) is 0. The molecule has 0 spiro atoms. The first-order valence-electron chi connectivity index (χ1n) is 6.42. The van der Waals surface area contributed by atoms with Gasteiger partial charge in [-0.3, -0.25) is 0 Å². The Kier molecular flexibility index (Phi) is 21.2. The molecule has 0 rings (SSSR count). The van der Waals surface area contributed by atoms with Crippen LogP contribution in [0.4, 0.5) is 0 Å². The summed E-state index contributed by atoms with van der Waals surface area (Å²) in [6.07, 6.45) is 9.84. The molecule has 0 atom stereocenters. The van der Waals surface area contributed by atoms with Gasteiger partial charge in [0.2, 0.25) is 0 Å². The van der Waals surface area contributed by atoms with Gasteiger partial charge in [0.15, 0.2) is 0 Å². The molecule has 0 N–H and O–H groups in total. The molecule has 98 valence electrons. The average Bonchev–Trinajstić information content (AvgIpc) is 2.35. The number of hydrogen-bond acceptors (Lipinski definition) is 0. The Morgan fingerprint density at radius 2 is 1.24 bits per heavy atom. The zero-order valence-corrected chi connectivity index (χ0v) is 12.8. The van der Waals surface area contributed by atoms with Gasteiger partial charge < -0.3 is 0 Å². The Hall–Kier alpha value is -1.30. The molecule has 0 aromatic carbocycles. The van der Waals surface area contributed by atoms with Crippen LogP contribution in [-0.2, 0) is 0 Å². The Morgan fingerprint density at radius 3 is 1.47 bits per heavy atom. The molecule has 0 heteroatoms. The summed E-state index contributed by atoms with van der Waals surface area (Å²) < 4.78 is 0. The van der Waals surface area contributed by atoms with Crippen molar-refractivity contribution in [3.63, 3.8) is 0 Å². The zero-order chi connectivity index (χ0) is 14.3. The average molecular weight is 234 g/mol. The van der Waals surface area contributed by atoms with Crippen molar-refractivity contribution in [1.29, 1.82) is 0 Å². The third kappa shape index (κ3) is 12.6. The van der Waals surface area contributed by atoms with Crippen LogP contribution in [0.3, 0.4) is 0 Å². The first-order valence-corrected chi connectivity index (χ1v) is 6.42. The van der Waals surface area contributed by atoms with Gasteiger partial charge in [-0.2, -0.15) is 0 Å². The lowest BCUT2D eigenvalue weighted by Crippen LogP contribution is -1.80. The van der Waals surface area contributed by atoms with Gasteiger partial charge in [0, 0.05) is 0 Å². The first kappa shape index (κ1) is 21.0. The van der Waals surface area contributed by atoms with Crippen LogP contribution in [-0.4, -0.2) is 0 Å². The lowest BCUT2D eigenvalue weighted by Gasteiger charge is -2.00. The summed E-state index contributed by atoms with van der Waals surface area (Å²) in [6.45, 7) is 21.7. The van der Waals surface area contributed by atoms with Crippen molar-refractivity contribution >= 4 is 0 Å². The van der Waals surface area contributed by atoms with Crippen LogP contribution in [0.2, 0.25) is 0 Å². The van der Waals surface area contributed by atoms with E-state index in [0.717, 1.165) is 11.1 Å². The van der Waals surface area contributed by atoms with E-state index in [2.05, 4.69) is 39.2 Å². The second-order valence-corrected chi connectivity index (χ2v) is 3.04. The predicted molar refractivity (Wildman–Crippen MR) is 84.4 cm³/mol. The van der Waals surface area contributed by atoms with Gasteiger partial charge in [0.25, 0.3) is 0 Å². The van der Waals surface area contributed by atoms with Crippen molar-refractivity contribution in [1.82, 2.24) is 0 Å². The highest BCUT2D eigenvalue weighted by Crippen LogP contribution is 2.12. The van der Waals surface area contributed by atoms with E-state index in [4.69, 9.17) is 0 Å². The fourth-order valence-electron chi connectivity index (χ4n) is 1.04. The smallest absolute Gasteiger partial charge is 0.0188 e. The molecular formula is C17H30. The van der Waals surface area contributed by atoms with Crippen molar-refractivity contribution in [2.45, 2.75) is 48.5 Å². The Bertz CT molecular complexity index is 258. The fraction of sp³-hybridized carbons (Fsp3) is 0.412. The molecule has 0 aliphatic rings. The summed E-state index contributed by atoms with van der Waals surface area (Å²) in [5.41, 5.74) is 3.50. The highest BCUT2D eigenvalue weighted by Gasteiger charge is 1.92. The van der Waals surface area contributed by atoms with Crippen molar-refractivity contribution in [3.05, 3.63) is 60.3 Å². The van der Waals surface area contributed by atoms with E-state index in [0.29, 0.717) is 0 Å². The van der Waals surface area contributed by atoms with Gasteiger partial charge in [-0.15, -0.1) is 0 Å². The second kappa shape index (κ2) is 17.1. The molecule has 0 saturated carbocycles. The van der Waals surface area contributed by atoms with Gasteiger partial charge in [-0.05, 0) is 31.9 Å². The fourth-order valence-corrected chi connectivity index (χ4v) is 1.04. The van der Waals surface area contributed by atoms with Crippen LogP contribution in [0.25, 0.3) is 0 Å². The maximum atomic E-state index is 3.75. The van der Waals surface area contributed by atoms with Gasteiger partial charge in [0.05, 0.1) is 0 Å². The van der Waals surface area contributed by atoms with Gasteiger partial charge >= 0.3 is 0 Å². The van der Waals surface area contributed by atoms with E-state index >= 15 is 0 Å². The second-order valence-electron chi connectivity index (χ2n) is 3.04. The minimum absolute atomic E-state index is 1.07. The number of rotatable bonds is 4. The summed E-state index contributed by atoms with van der Waals surface area (Å²) in [5, 5.41) is 0. The molecule has 0 unspecified atom stereocenters. The van der Waals surface area contributed by atoms with E-state index in [1.807, 2.05) is 52.8 Å². The molecular weight excluding hydrogens is 204 g/mol. The monoisotopic (exact) mass is 234 g/mol. The molecule has 0 aliphatic carbocycles. The summed E-state index contributed by atoms with van der Waals surface area (Å²) in [5.74, 6) is 0. The standard InChI is InChI=1S/C13H18.2C2H6/c1-6-9-13(10-11(4)5)12(7-2)8-3;2*1-2/h6-10H,2-3H2,1,4-5H3;2*1-2H3/b9-6-;;. The molecule has 0 amide bonds. The lowest BCUT2D eigenvalue weighted by atomic mass is 10.1. The summed E-state index contributed by atoms with van der Waals surface area (Å²) >= 11 is 0. The summed E-state index contributed by atoms with van der Waals surface area (Å²) in [6, 6.07) is 0. The third-order valence-electron chi connectivity index (χ3n) is 1.56. The normalized spacial score (nSPS) is 7.94. The highest BCUT2D eigenvalue weighted by atomic mass is 14.0. The first-order chi connectivity index (χ1) is 8.15. The maximum Gasteiger partial charge on any atom is -0.0188 e. The Balaban J connectivity index is -0.000000439. The van der Waals surface area contributed by atoms with Crippen LogP contribution in [0, 0.1) is 0 Å². The molecule has 0 aliphatic heterocycles. The van der Waals surface area contributed by atoms with Crippen LogP contribution in [0.15, 0.2) is 60.3 Å². The molecule has 0 bridgehead atoms. The molecule has 0 aromatic rings. The highest BCUT2D eigenvalue weighted by molar-refractivity contribution is 5.46. The minimum atomic E-state index is 1.07. The van der Waals surface area contributed by atoms with Gasteiger partial charge in [-0.25, -0.2) is 0 Å². The largest absolute Gasteiger partial charge is 0.0984 e. The van der Waals surface area contributed by atoms with E-state index in [-0.39, 0.29) is 0 Å². The van der Waals surface area contributed by atoms with E-state index in [9.17, 15) is 0 Å². The van der Waals surface area contributed by atoms with Crippen molar-refractivity contribution in [3.8, 4) is 0 Å². The molecule has 0 aromatic heterocycles. The molecule has 0 fully saturated rings. The summed E-state index contributed by atoms with van der Waals surface area (Å²) in [7, 11) is 0. The molecule has 0 saturated heterocycles. The van der Waals surface area contributed by atoms with E-state index < -0.39 is 0 Å². The Labute approximate surface area is 109 Å². The minimum Gasteiger partial charge on any atom is -0.0984 e. The molecule has 0 nitrogen and oxygen atoms in total. The van der Waals surface area contributed by atoms with Crippen LogP contribution >= 0.6 is 0 Å². The van der Waals surface area contributed by atoms with E-state index in [1.54, 1.807) is 0 Å². The maximum absolute atomic E-state index is 3.75. The third-order valence-corrected chi connectivity index (χ3v) is 1.56. The van der Waals surface area contributed by atoms with Crippen molar-refractivity contribution in [2.24, 2.45) is 0 Å². The molecule has 0 heterocycles. The SMILES string of the molecule is C=CC(C=C)=C(C=C(C)C)/C=C\C.CC.CC. The lowest BCUT2D eigenvalue weighted by molar-refractivity contribution is 1.36. The molecule has 17 heavy (non-hydrogen) atoms. The number of hydrogen-bond donors (Lipinski definition) is 0. The van der Waals surface area contributed by atoms with Gasteiger partial charge in [0.1, 0.15) is 0 Å². The van der Waals surface area contributed by atoms with Crippen molar-refractivity contribution < 1.29 is 0 Å². The van der Waals surface area contributed by atoms with E-state index in [1.165, 1.54) is 5.57 Å². The Morgan fingerprint density at radius 1 is 0.824 bits per heavy atom. The molecule has 0 radical (unpaired) electrons. The topological polar surface area (TPSA) is 0 Å². The number of allylic oxidation sites excluding steroid dienone is 8. The van der Waals surface area contributed by atoms with Crippen LogP contribution in [0.5, 0.6) is 0 Å². The predicted octanol–water partition coefficient (Wildman–Crippen LogP) is 6.25.